The van der Waals surface area contributed by atoms with E-state index in [1.807, 2.05) is 94.1 Å². The Morgan fingerprint density at radius 3 is 2.21 bits per heavy atom. The number of carboxylic acid groups (broad SMARTS) is 1. The first-order valence-corrected chi connectivity index (χ1v) is 25.3. The number of ether oxygens (including phenoxy) is 6. The topological polar surface area (TPSA) is 246 Å². The normalized spacial score (nSPS) is 39.1. The Hall–Kier alpha value is -3.37. The van der Waals surface area contributed by atoms with Crippen molar-refractivity contribution >= 4 is 29.1 Å². The van der Waals surface area contributed by atoms with Crippen molar-refractivity contribution in [1.29, 1.82) is 0 Å². The summed E-state index contributed by atoms with van der Waals surface area (Å²) in [6, 6.07) is 13.0. The number of hydrogen-bond donors (Lipinski definition) is 7. The maximum absolute atomic E-state index is 14.6. The molecule has 2 aromatic carbocycles. The van der Waals surface area contributed by atoms with E-state index in [-0.39, 0.29) is 56.1 Å². The lowest BCUT2D eigenvalue weighted by Crippen LogP contribution is -2.60. The summed E-state index contributed by atoms with van der Waals surface area (Å²) in [7, 11) is 5.26. The molecule has 2 aromatic rings. The molecule has 0 aromatic heterocycles. The maximum atomic E-state index is 14.6. The van der Waals surface area contributed by atoms with Gasteiger partial charge in [-0.3, -0.25) is 19.3 Å². The quantitative estimate of drug-likeness (QED) is 0.0855. The predicted molar refractivity (Wildman–Crippen MR) is 267 cm³/mol. The molecule has 18 heteroatoms. The van der Waals surface area contributed by atoms with Gasteiger partial charge >= 0.3 is 5.97 Å². The summed E-state index contributed by atoms with van der Waals surface area (Å²) >= 11 is 0. The molecule has 1 amide bonds. The van der Waals surface area contributed by atoms with Gasteiger partial charge in [-0.05, 0) is 110 Å². The fraction of sp³-hybridized carbons (Fsp3) is 0.755. The van der Waals surface area contributed by atoms with E-state index in [9.17, 15) is 35.1 Å². The van der Waals surface area contributed by atoms with Crippen molar-refractivity contribution in [2.45, 2.75) is 198 Å². The molecule has 18 atom stereocenters. The number of methoxy groups -OCH3 is 1. The summed E-state index contributed by atoms with van der Waals surface area (Å²) < 4.78 is 38.1. The summed E-state index contributed by atoms with van der Waals surface area (Å²) in [4.78, 5) is 40.0. The lowest BCUT2D eigenvalue weighted by atomic mass is 9.77. The van der Waals surface area contributed by atoms with Gasteiger partial charge in [0, 0.05) is 51.2 Å². The van der Waals surface area contributed by atoms with Crippen LogP contribution in [0, 0.1) is 17.8 Å². The summed E-state index contributed by atoms with van der Waals surface area (Å²) in [6.07, 6.45) is -8.23. The highest BCUT2D eigenvalue weighted by molar-refractivity contribution is 5.85. The van der Waals surface area contributed by atoms with Crippen molar-refractivity contribution in [3.05, 3.63) is 48.0 Å². The Kier molecular flexibility index (Phi) is 22.2. The summed E-state index contributed by atoms with van der Waals surface area (Å²) in [5, 5.41) is 72.1. The number of esters is 1. The molecule has 0 radical (unpaired) electrons. The van der Waals surface area contributed by atoms with Crippen molar-refractivity contribution < 1.29 is 73.4 Å². The average molecular weight is 1010 g/mol. The molecule has 0 unspecified atom stereocenters. The second kappa shape index (κ2) is 26.2. The minimum absolute atomic E-state index is 0.103. The third-order valence-electron chi connectivity index (χ3n) is 15.2. The molecule has 71 heavy (non-hydrogen) atoms. The third kappa shape index (κ3) is 15.4. The molecule has 3 heterocycles. The molecule has 7 N–H and O–H groups in total. The summed E-state index contributed by atoms with van der Waals surface area (Å²) in [6.45, 7) is 18.5. The van der Waals surface area contributed by atoms with Crippen LogP contribution in [0.4, 0.5) is 0 Å². The van der Waals surface area contributed by atoms with E-state index in [1.54, 1.807) is 34.6 Å². The van der Waals surface area contributed by atoms with Gasteiger partial charge in [0.05, 0.1) is 48.0 Å². The number of benzene rings is 2. The fourth-order valence-electron chi connectivity index (χ4n) is 11.0. The highest BCUT2D eigenvalue weighted by Gasteiger charge is 2.53. The summed E-state index contributed by atoms with van der Waals surface area (Å²) in [5.74, 6) is -2.97. The Morgan fingerprint density at radius 1 is 0.944 bits per heavy atom. The molecule has 0 saturated carbocycles. The van der Waals surface area contributed by atoms with Gasteiger partial charge < -0.3 is 69.3 Å². The zero-order chi connectivity index (χ0) is 53.2. The Balaban J connectivity index is 0.00000356. The molecular formula is C53H87N3O15. The van der Waals surface area contributed by atoms with Gasteiger partial charge in [0.2, 0.25) is 5.91 Å². The minimum atomic E-state index is -1.91. The minimum Gasteiger partial charge on any atom is -0.483 e. The van der Waals surface area contributed by atoms with Crippen LogP contribution in [0.15, 0.2) is 42.5 Å². The van der Waals surface area contributed by atoms with Crippen LogP contribution in [0.2, 0.25) is 0 Å². The first-order valence-electron chi connectivity index (χ1n) is 25.3. The SMILES string of the molecule is CC[C@H]1OC(=O)[C@H](C)[C@@H](O[C@H]2C[C@@](C)(OC)[C@@H](O)[C@H](C)O2)[C@H](C)[C@@H](O[C@@H]2O[C@H](C)C[C@H](N(C)C)[C@H]2O)[C@](C)(O)C[C@@H](C)CN(CCCNC(=O)Cc2ccc3ccccc3c2)[C@H](C)[C@@H](O)[C@]1(C)O.O=CO. The van der Waals surface area contributed by atoms with Crippen molar-refractivity contribution in [1.82, 2.24) is 15.1 Å². The molecule has 3 saturated heterocycles. The van der Waals surface area contributed by atoms with Gasteiger partial charge in [-0.2, -0.15) is 0 Å². The smallest absolute Gasteiger partial charge is 0.311 e. The number of aliphatic hydroxyl groups is 5. The van der Waals surface area contributed by atoms with Crippen LogP contribution in [-0.4, -0.2) is 190 Å². The van der Waals surface area contributed by atoms with Gasteiger partial charge in [0.15, 0.2) is 12.6 Å². The molecule has 0 spiro atoms. The predicted octanol–water partition coefficient (Wildman–Crippen LogP) is 3.87. The zero-order valence-electron chi connectivity index (χ0n) is 44.4. The third-order valence-corrected chi connectivity index (χ3v) is 15.2. The van der Waals surface area contributed by atoms with Gasteiger partial charge in [-0.15, -0.1) is 0 Å². The van der Waals surface area contributed by atoms with Gasteiger partial charge in [0.25, 0.3) is 6.47 Å². The van der Waals surface area contributed by atoms with Gasteiger partial charge in [0.1, 0.15) is 30.0 Å². The Labute approximate surface area is 421 Å². The fourth-order valence-corrected chi connectivity index (χ4v) is 11.0. The number of carbonyl (C=O) groups excluding carboxylic acids is 2. The molecule has 3 fully saturated rings. The average Bonchev–Trinajstić information content (AvgIpc) is 3.31. The number of nitrogens with zero attached hydrogens (tertiary/aromatic N) is 2. The standard InChI is InChI=1S/C52H85N3O13.CH2O2/c1-14-40-52(10,62)45(58)34(6)55(23-17-22-53-41(56)26-36-20-21-37-18-15-16-19-38(37)25-36)29-30(2)27-50(8,61)47(68-49-43(57)39(54(11)12)24-31(3)64-49)32(4)44(33(5)48(60)66-40)67-42-28-51(9,63-13)46(59)35(7)65-42;2-1-3/h15-16,18-21,25,30-35,39-40,42-47,49,57-59,61-62H,14,17,22-24,26-29H2,1-13H3,(H,53,56);1H,(H,2,3)/t30-,31-,32+,33-,34-,35+,39+,40-,42+,43-,44+,45-,46+,47-,49+,50-,51-,52-;/m1./s1. The van der Waals surface area contributed by atoms with E-state index in [2.05, 4.69) is 5.32 Å². The number of amides is 1. The lowest BCUT2D eigenvalue weighted by Gasteiger charge is -2.48. The molecule has 404 valence electrons. The van der Waals surface area contributed by atoms with E-state index in [0.29, 0.717) is 32.5 Å². The van der Waals surface area contributed by atoms with E-state index in [4.69, 9.17) is 38.3 Å². The molecule has 0 aliphatic carbocycles. The largest absolute Gasteiger partial charge is 0.483 e. The molecular weight excluding hydrogens is 919 g/mol. The van der Waals surface area contributed by atoms with Crippen LogP contribution < -0.4 is 5.32 Å². The molecule has 3 aliphatic rings. The highest BCUT2D eigenvalue weighted by atomic mass is 16.7. The van der Waals surface area contributed by atoms with Crippen LogP contribution in [0.5, 0.6) is 0 Å². The van der Waals surface area contributed by atoms with Gasteiger partial charge in [-0.1, -0.05) is 63.2 Å². The molecule has 0 bridgehead atoms. The monoisotopic (exact) mass is 1010 g/mol. The number of carbonyl (C=O) groups is 3. The molecule has 18 nitrogen and oxygen atoms in total. The van der Waals surface area contributed by atoms with E-state index in [0.717, 1.165) is 16.3 Å². The van der Waals surface area contributed by atoms with Crippen LogP contribution in [0.25, 0.3) is 10.8 Å². The number of fused-ring (bicyclic) bond motifs is 1. The number of cyclic esters (lactones) is 1. The number of rotatable bonds is 13. The number of aliphatic hydroxyl groups excluding tert-OH is 3. The Morgan fingerprint density at radius 2 is 1.59 bits per heavy atom. The van der Waals surface area contributed by atoms with E-state index in [1.165, 1.54) is 14.0 Å². The van der Waals surface area contributed by atoms with Crippen molar-refractivity contribution in [2.24, 2.45) is 17.8 Å². The van der Waals surface area contributed by atoms with Crippen molar-refractivity contribution in [3.63, 3.8) is 0 Å². The first kappa shape index (κ1) is 60.2. The highest BCUT2D eigenvalue weighted by Crippen LogP contribution is 2.40. The van der Waals surface area contributed by atoms with Crippen LogP contribution >= 0.6 is 0 Å². The first-order chi connectivity index (χ1) is 33.2. The van der Waals surface area contributed by atoms with Crippen LogP contribution in [-0.2, 0) is 49.2 Å². The number of nitrogens with one attached hydrogen (secondary N) is 1. The lowest BCUT2D eigenvalue weighted by molar-refractivity contribution is -0.318. The van der Waals surface area contributed by atoms with E-state index >= 15 is 0 Å². The number of hydrogen-bond acceptors (Lipinski definition) is 16. The second-order valence-corrected chi connectivity index (χ2v) is 21.4. The van der Waals surface area contributed by atoms with Gasteiger partial charge in [-0.25, -0.2) is 0 Å². The van der Waals surface area contributed by atoms with Crippen molar-refractivity contribution in [2.75, 3.05) is 40.8 Å². The number of likely N-dealkylation sites (N-methyl/N-ethyl adjacent to an activating group) is 1. The second-order valence-electron chi connectivity index (χ2n) is 21.4. The van der Waals surface area contributed by atoms with Crippen LogP contribution in [0.3, 0.4) is 0 Å². The Bertz CT molecular complexity index is 1990. The molecule has 3 aliphatic heterocycles. The molecule has 5 rings (SSSR count). The summed E-state index contributed by atoms with van der Waals surface area (Å²) in [5.41, 5.74) is -3.71. The van der Waals surface area contributed by atoms with Crippen molar-refractivity contribution in [3.8, 4) is 0 Å². The zero-order valence-corrected chi connectivity index (χ0v) is 44.4. The van der Waals surface area contributed by atoms with Crippen LogP contribution in [0.1, 0.15) is 107 Å². The van der Waals surface area contributed by atoms with E-state index < -0.39 is 96.0 Å². The maximum Gasteiger partial charge on any atom is 0.311 e.